The molecule has 5 nitrogen and oxygen atoms in total. The summed E-state index contributed by atoms with van der Waals surface area (Å²) in [7, 11) is 0. The van der Waals surface area contributed by atoms with Gasteiger partial charge in [0.2, 0.25) is 0 Å². The average molecular weight is 324 g/mol. The third-order valence-corrected chi connectivity index (χ3v) is 3.78. The van der Waals surface area contributed by atoms with Gasteiger partial charge in [-0.15, -0.1) is 0 Å². The van der Waals surface area contributed by atoms with Gasteiger partial charge < -0.3 is 20.1 Å². The molecule has 2 atom stereocenters. The molecule has 23 heavy (non-hydrogen) atoms. The number of nitrogens with one attached hydrogen (secondary N) is 1. The number of rotatable bonds is 3. The fourth-order valence-corrected chi connectivity index (χ4v) is 2.71. The highest BCUT2D eigenvalue weighted by Gasteiger charge is 2.30. The smallest absolute Gasteiger partial charge is 0.410 e. The molecule has 1 saturated heterocycles. The number of ether oxygens (including phenoxy) is 1. The van der Waals surface area contributed by atoms with Crippen molar-refractivity contribution in [2.24, 2.45) is 0 Å². The number of hydrogen-bond donors (Lipinski definition) is 2. The van der Waals surface area contributed by atoms with E-state index in [-0.39, 0.29) is 23.9 Å². The lowest BCUT2D eigenvalue weighted by Gasteiger charge is -2.25. The van der Waals surface area contributed by atoms with E-state index in [1.54, 1.807) is 11.0 Å². The normalized spacial score (nSPS) is 19.7. The van der Waals surface area contributed by atoms with Crippen molar-refractivity contribution < 1.29 is 19.0 Å². The van der Waals surface area contributed by atoms with E-state index in [0.29, 0.717) is 18.7 Å². The number of benzene rings is 1. The van der Waals surface area contributed by atoms with Gasteiger partial charge >= 0.3 is 6.09 Å². The number of carbonyl (C=O) groups excluding carboxylic acids is 1. The molecule has 0 aromatic heterocycles. The second-order valence-electron chi connectivity index (χ2n) is 7.00. The van der Waals surface area contributed by atoms with Gasteiger partial charge in [-0.2, -0.15) is 0 Å². The van der Waals surface area contributed by atoms with Crippen LogP contribution in [0.1, 0.15) is 45.7 Å². The molecule has 0 bridgehead atoms. The Labute approximate surface area is 136 Å². The first-order valence-electron chi connectivity index (χ1n) is 7.88. The molecule has 2 rings (SSSR count). The quantitative estimate of drug-likeness (QED) is 0.896. The molecule has 128 valence electrons. The highest BCUT2D eigenvalue weighted by molar-refractivity contribution is 5.68. The first kappa shape index (κ1) is 17.5. The molecule has 1 aliphatic heterocycles. The van der Waals surface area contributed by atoms with E-state index in [0.717, 1.165) is 12.5 Å². The van der Waals surface area contributed by atoms with E-state index in [1.807, 2.05) is 27.7 Å². The van der Waals surface area contributed by atoms with Crippen molar-refractivity contribution in [3.05, 3.63) is 29.6 Å². The zero-order chi connectivity index (χ0) is 17.2. The number of likely N-dealkylation sites (tertiary alicyclic amines) is 1. The second-order valence-corrected chi connectivity index (χ2v) is 7.00. The summed E-state index contributed by atoms with van der Waals surface area (Å²) in [4.78, 5) is 13.7. The van der Waals surface area contributed by atoms with Crippen LogP contribution in [0.2, 0.25) is 0 Å². The Morgan fingerprint density at radius 1 is 1.48 bits per heavy atom. The van der Waals surface area contributed by atoms with Crippen LogP contribution >= 0.6 is 0 Å². The molecular formula is C17H25FN2O3. The van der Waals surface area contributed by atoms with Crippen LogP contribution in [0.3, 0.4) is 0 Å². The highest BCUT2D eigenvalue weighted by Crippen LogP contribution is 2.26. The number of carbonyl (C=O) groups is 1. The Morgan fingerprint density at radius 2 is 2.17 bits per heavy atom. The van der Waals surface area contributed by atoms with E-state index in [2.05, 4.69) is 5.32 Å². The van der Waals surface area contributed by atoms with Crippen molar-refractivity contribution in [1.82, 2.24) is 10.2 Å². The monoisotopic (exact) mass is 324 g/mol. The van der Waals surface area contributed by atoms with Crippen molar-refractivity contribution in [2.45, 2.75) is 51.8 Å². The van der Waals surface area contributed by atoms with Gasteiger partial charge in [0.15, 0.2) is 0 Å². The molecule has 0 spiro atoms. The van der Waals surface area contributed by atoms with E-state index in [1.165, 1.54) is 6.07 Å². The Bertz CT molecular complexity index is 571. The lowest BCUT2D eigenvalue weighted by atomic mass is 10.1. The number of hydrogen-bond acceptors (Lipinski definition) is 4. The van der Waals surface area contributed by atoms with Gasteiger partial charge in [-0.1, -0.05) is 6.07 Å². The average Bonchev–Trinajstić information content (AvgIpc) is 2.85. The minimum atomic E-state index is -0.504. The maximum absolute atomic E-state index is 13.1. The molecule has 1 aromatic rings. The van der Waals surface area contributed by atoms with Crippen molar-refractivity contribution in [3.8, 4) is 5.75 Å². The fourth-order valence-electron chi connectivity index (χ4n) is 2.71. The van der Waals surface area contributed by atoms with Crippen molar-refractivity contribution in [3.63, 3.8) is 0 Å². The lowest BCUT2D eigenvalue weighted by molar-refractivity contribution is 0.0290. The predicted molar refractivity (Wildman–Crippen MR) is 85.8 cm³/mol. The molecule has 1 amide bonds. The van der Waals surface area contributed by atoms with Gasteiger partial charge in [0.25, 0.3) is 0 Å². The SMILES string of the molecule is CC(NC1CCN(C(=O)OC(C)(C)C)C1)c1ccc(F)cc1O. The minimum Gasteiger partial charge on any atom is -0.508 e. The summed E-state index contributed by atoms with van der Waals surface area (Å²) >= 11 is 0. The van der Waals surface area contributed by atoms with E-state index in [4.69, 9.17) is 4.74 Å². The highest BCUT2D eigenvalue weighted by atomic mass is 19.1. The van der Waals surface area contributed by atoms with Gasteiger partial charge in [-0.25, -0.2) is 9.18 Å². The maximum atomic E-state index is 13.1. The van der Waals surface area contributed by atoms with Crippen LogP contribution in [0.5, 0.6) is 5.75 Å². The van der Waals surface area contributed by atoms with Crippen molar-refractivity contribution in [1.29, 1.82) is 0 Å². The fraction of sp³-hybridized carbons (Fsp3) is 0.588. The third-order valence-electron chi connectivity index (χ3n) is 3.78. The molecule has 1 fully saturated rings. The summed E-state index contributed by atoms with van der Waals surface area (Å²) in [6, 6.07) is 3.98. The van der Waals surface area contributed by atoms with E-state index < -0.39 is 11.4 Å². The molecular weight excluding hydrogens is 299 g/mol. The van der Waals surface area contributed by atoms with Crippen LogP contribution < -0.4 is 5.32 Å². The summed E-state index contributed by atoms with van der Waals surface area (Å²) in [6.07, 6.45) is 0.505. The first-order chi connectivity index (χ1) is 10.7. The number of aromatic hydroxyl groups is 1. The number of amides is 1. The Morgan fingerprint density at radius 3 is 2.78 bits per heavy atom. The van der Waals surface area contributed by atoms with Crippen LogP contribution in [0, 0.1) is 5.82 Å². The topological polar surface area (TPSA) is 61.8 Å². The number of phenols is 1. The number of nitrogens with zero attached hydrogens (tertiary/aromatic N) is 1. The summed E-state index contributed by atoms with van der Waals surface area (Å²) < 4.78 is 18.4. The van der Waals surface area contributed by atoms with E-state index >= 15 is 0 Å². The van der Waals surface area contributed by atoms with Crippen LogP contribution in [-0.2, 0) is 4.74 Å². The summed E-state index contributed by atoms with van der Waals surface area (Å²) in [5, 5.41) is 13.2. The summed E-state index contributed by atoms with van der Waals surface area (Å²) in [5.41, 5.74) is 0.137. The van der Waals surface area contributed by atoms with Crippen LogP contribution in [-0.4, -0.2) is 40.8 Å². The predicted octanol–water partition coefficient (Wildman–Crippen LogP) is 3.19. The third kappa shape index (κ3) is 4.82. The Kier molecular flexibility index (Phi) is 5.14. The zero-order valence-corrected chi connectivity index (χ0v) is 14.1. The van der Waals surface area contributed by atoms with Crippen LogP contribution in [0.4, 0.5) is 9.18 Å². The lowest BCUT2D eigenvalue weighted by Crippen LogP contribution is -2.39. The molecule has 0 radical (unpaired) electrons. The van der Waals surface area contributed by atoms with Gasteiger partial charge in [0.05, 0.1) is 0 Å². The molecule has 2 unspecified atom stereocenters. The van der Waals surface area contributed by atoms with Gasteiger partial charge in [0.1, 0.15) is 17.2 Å². The molecule has 1 heterocycles. The zero-order valence-electron chi connectivity index (χ0n) is 14.1. The van der Waals surface area contributed by atoms with Crippen molar-refractivity contribution >= 4 is 6.09 Å². The van der Waals surface area contributed by atoms with Gasteiger partial charge in [-0.3, -0.25) is 0 Å². The molecule has 6 heteroatoms. The van der Waals surface area contributed by atoms with Gasteiger partial charge in [0, 0.05) is 36.8 Å². The number of phenolic OH excluding ortho intramolecular Hbond substituents is 1. The van der Waals surface area contributed by atoms with Crippen LogP contribution in [0.15, 0.2) is 18.2 Å². The second kappa shape index (κ2) is 6.74. The molecule has 2 N–H and O–H groups in total. The largest absolute Gasteiger partial charge is 0.508 e. The van der Waals surface area contributed by atoms with Crippen LogP contribution in [0.25, 0.3) is 0 Å². The van der Waals surface area contributed by atoms with Crippen molar-refractivity contribution in [2.75, 3.05) is 13.1 Å². The first-order valence-corrected chi connectivity index (χ1v) is 7.88. The Balaban J connectivity index is 1.91. The van der Waals surface area contributed by atoms with Gasteiger partial charge in [-0.05, 0) is 40.2 Å². The maximum Gasteiger partial charge on any atom is 0.410 e. The standard InChI is InChI=1S/C17H25FN2O3/c1-11(14-6-5-12(18)9-15(14)21)19-13-7-8-20(10-13)16(22)23-17(2,3)4/h5-6,9,11,13,19,21H,7-8,10H2,1-4H3. The molecule has 1 aliphatic rings. The molecule has 0 aliphatic carbocycles. The Hall–Kier alpha value is -1.82. The number of halogens is 1. The summed E-state index contributed by atoms with van der Waals surface area (Å²) in [5.74, 6) is -0.526. The summed E-state index contributed by atoms with van der Waals surface area (Å²) in [6.45, 7) is 8.63. The van der Waals surface area contributed by atoms with E-state index in [9.17, 15) is 14.3 Å². The molecule has 1 aromatic carbocycles. The molecule has 0 saturated carbocycles. The minimum absolute atomic E-state index is 0.0630.